The lowest BCUT2D eigenvalue weighted by molar-refractivity contribution is 0.102. The third kappa shape index (κ3) is 3.84. The van der Waals surface area contributed by atoms with Crippen LogP contribution in [0.3, 0.4) is 0 Å². The molecule has 4 rings (SSSR count). The Morgan fingerprint density at radius 3 is 2.57 bits per heavy atom. The average Bonchev–Trinajstić information content (AvgIpc) is 3.31. The number of rotatable bonds is 5. The number of hydrogen-bond donors (Lipinski definition) is 1. The van der Waals surface area contributed by atoms with E-state index in [1.54, 1.807) is 23.5 Å². The summed E-state index contributed by atoms with van der Waals surface area (Å²) < 4.78 is 27.8. The Hall–Kier alpha value is -2.72. The standard InChI is InChI=1S/C20H17ClN4O3S2/c1-24(2)30(27,28)18-11-14(5-8-16(18)21)19(26)22-15-6-3-13(4-7-15)17-12-25-9-10-29-20(25)23-17/h3-12H,1-2H3,(H,22,26). The predicted octanol–water partition coefficient (Wildman–Crippen LogP) is 4.22. The minimum Gasteiger partial charge on any atom is -0.322 e. The summed E-state index contributed by atoms with van der Waals surface area (Å²) >= 11 is 7.60. The summed E-state index contributed by atoms with van der Waals surface area (Å²) in [5.41, 5.74) is 2.54. The van der Waals surface area contributed by atoms with Crippen molar-refractivity contribution < 1.29 is 13.2 Å². The third-order valence-electron chi connectivity index (χ3n) is 4.48. The Balaban J connectivity index is 1.55. The molecular weight excluding hydrogens is 444 g/mol. The van der Waals surface area contributed by atoms with Crippen molar-refractivity contribution in [3.63, 3.8) is 0 Å². The van der Waals surface area contributed by atoms with Gasteiger partial charge in [-0.25, -0.2) is 17.7 Å². The van der Waals surface area contributed by atoms with E-state index in [1.165, 1.54) is 32.3 Å². The number of carbonyl (C=O) groups is 1. The number of hydrogen-bond acceptors (Lipinski definition) is 5. The first-order valence-electron chi connectivity index (χ1n) is 8.82. The third-order valence-corrected chi connectivity index (χ3v) is 7.55. The monoisotopic (exact) mass is 460 g/mol. The molecule has 0 spiro atoms. The van der Waals surface area contributed by atoms with E-state index >= 15 is 0 Å². The first kappa shape index (κ1) is 20.5. The Kier molecular flexibility index (Phi) is 5.37. The fraction of sp³-hybridized carbons (Fsp3) is 0.100. The van der Waals surface area contributed by atoms with Gasteiger partial charge in [0, 0.05) is 48.7 Å². The molecule has 0 radical (unpaired) electrons. The number of amides is 1. The molecule has 4 aromatic rings. The van der Waals surface area contributed by atoms with Gasteiger partial charge in [0.25, 0.3) is 5.91 Å². The molecule has 0 aliphatic heterocycles. The highest BCUT2D eigenvalue weighted by atomic mass is 35.5. The second-order valence-electron chi connectivity index (χ2n) is 6.68. The average molecular weight is 461 g/mol. The maximum atomic E-state index is 12.6. The van der Waals surface area contributed by atoms with Crippen LogP contribution >= 0.6 is 22.9 Å². The van der Waals surface area contributed by atoms with Crippen molar-refractivity contribution in [3.8, 4) is 11.3 Å². The zero-order valence-corrected chi connectivity index (χ0v) is 18.4. The van der Waals surface area contributed by atoms with Crippen molar-refractivity contribution in [2.75, 3.05) is 19.4 Å². The van der Waals surface area contributed by atoms with Crippen LogP contribution in [0, 0.1) is 0 Å². The van der Waals surface area contributed by atoms with Gasteiger partial charge >= 0.3 is 0 Å². The summed E-state index contributed by atoms with van der Waals surface area (Å²) in [5.74, 6) is -0.433. The molecule has 0 bridgehead atoms. The molecule has 30 heavy (non-hydrogen) atoms. The van der Waals surface area contributed by atoms with Gasteiger partial charge in [0.2, 0.25) is 10.0 Å². The van der Waals surface area contributed by atoms with Crippen molar-refractivity contribution >= 4 is 49.5 Å². The number of halogens is 1. The summed E-state index contributed by atoms with van der Waals surface area (Å²) in [7, 11) is -0.953. The molecule has 10 heteroatoms. The Labute approximate surface area is 182 Å². The number of sulfonamides is 1. The van der Waals surface area contributed by atoms with Gasteiger partial charge < -0.3 is 5.32 Å². The van der Waals surface area contributed by atoms with Crippen molar-refractivity contribution in [1.82, 2.24) is 13.7 Å². The number of anilines is 1. The molecule has 0 fully saturated rings. The molecule has 1 N–H and O–H groups in total. The van der Waals surface area contributed by atoms with Gasteiger partial charge in [-0.2, -0.15) is 0 Å². The number of benzene rings is 2. The lowest BCUT2D eigenvalue weighted by Crippen LogP contribution is -2.23. The van der Waals surface area contributed by atoms with Gasteiger partial charge in [-0.05, 0) is 30.3 Å². The molecule has 2 aromatic heterocycles. The number of imidazole rings is 1. The van der Waals surface area contributed by atoms with Crippen LogP contribution in [0.5, 0.6) is 0 Å². The lowest BCUT2D eigenvalue weighted by atomic mass is 10.1. The van der Waals surface area contributed by atoms with Crippen LogP contribution in [0.4, 0.5) is 5.69 Å². The smallest absolute Gasteiger partial charge is 0.255 e. The van der Waals surface area contributed by atoms with Crippen molar-refractivity contribution in [2.24, 2.45) is 0 Å². The number of thiazole rings is 1. The maximum absolute atomic E-state index is 12.6. The number of aromatic nitrogens is 2. The van der Waals surface area contributed by atoms with Crippen LogP contribution in [0.15, 0.2) is 65.1 Å². The molecule has 0 aliphatic rings. The normalized spacial score (nSPS) is 11.9. The molecule has 2 heterocycles. The van der Waals surface area contributed by atoms with Crippen molar-refractivity contribution in [3.05, 3.63) is 70.8 Å². The summed E-state index contributed by atoms with van der Waals surface area (Å²) in [5, 5.41) is 4.80. The SMILES string of the molecule is CN(C)S(=O)(=O)c1cc(C(=O)Nc2ccc(-c3cn4ccsc4n3)cc2)ccc1Cl. The Bertz CT molecular complexity index is 1310. The van der Waals surface area contributed by atoms with Crippen LogP contribution in [-0.4, -0.2) is 42.1 Å². The minimum atomic E-state index is -3.77. The van der Waals surface area contributed by atoms with E-state index in [-0.39, 0.29) is 15.5 Å². The minimum absolute atomic E-state index is 0.0598. The topological polar surface area (TPSA) is 83.8 Å². The van der Waals surface area contributed by atoms with Gasteiger partial charge in [-0.3, -0.25) is 9.20 Å². The highest BCUT2D eigenvalue weighted by Gasteiger charge is 2.22. The molecule has 0 aliphatic carbocycles. The van der Waals surface area contributed by atoms with E-state index < -0.39 is 15.9 Å². The maximum Gasteiger partial charge on any atom is 0.255 e. The fourth-order valence-electron chi connectivity index (χ4n) is 2.83. The molecule has 154 valence electrons. The molecule has 7 nitrogen and oxygen atoms in total. The molecule has 0 saturated heterocycles. The predicted molar refractivity (Wildman–Crippen MR) is 119 cm³/mol. The molecule has 0 atom stereocenters. The van der Waals surface area contributed by atoms with Crippen molar-refractivity contribution in [1.29, 1.82) is 0 Å². The van der Waals surface area contributed by atoms with Crippen LogP contribution in [-0.2, 0) is 10.0 Å². The Morgan fingerprint density at radius 2 is 1.90 bits per heavy atom. The summed E-state index contributed by atoms with van der Waals surface area (Å²) in [6, 6.07) is 11.4. The molecule has 1 amide bonds. The zero-order chi connectivity index (χ0) is 21.5. The molecule has 0 unspecified atom stereocenters. The van der Waals surface area contributed by atoms with E-state index in [2.05, 4.69) is 10.3 Å². The number of carbonyl (C=O) groups excluding carboxylic acids is 1. The summed E-state index contributed by atoms with van der Waals surface area (Å²) in [6.45, 7) is 0. The highest BCUT2D eigenvalue weighted by Crippen LogP contribution is 2.26. The van der Waals surface area contributed by atoms with Crippen molar-refractivity contribution in [2.45, 2.75) is 4.90 Å². The van der Waals surface area contributed by atoms with E-state index in [1.807, 2.05) is 34.3 Å². The molecule has 2 aromatic carbocycles. The summed E-state index contributed by atoms with van der Waals surface area (Å²) in [6.07, 6.45) is 3.89. The van der Waals surface area contributed by atoms with Gasteiger partial charge in [-0.15, -0.1) is 11.3 Å². The van der Waals surface area contributed by atoms with Gasteiger partial charge in [0.1, 0.15) is 4.90 Å². The highest BCUT2D eigenvalue weighted by molar-refractivity contribution is 7.89. The summed E-state index contributed by atoms with van der Waals surface area (Å²) in [4.78, 5) is 18.0. The number of nitrogens with zero attached hydrogens (tertiary/aromatic N) is 3. The van der Waals surface area contributed by atoms with Gasteiger partial charge in [0.05, 0.1) is 10.7 Å². The Morgan fingerprint density at radius 1 is 1.17 bits per heavy atom. The first-order chi connectivity index (χ1) is 14.3. The molecular formula is C20H17ClN4O3S2. The van der Waals surface area contributed by atoms with Gasteiger partial charge in [-0.1, -0.05) is 23.7 Å². The zero-order valence-electron chi connectivity index (χ0n) is 16.0. The number of fused-ring (bicyclic) bond motifs is 1. The quantitative estimate of drug-likeness (QED) is 0.483. The number of nitrogens with one attached hydrogen (secondary N) is 1. The lowest BCUT2D eigenvalue weighted by Gasteiger charge is -2.14. The van der Waals surface area contributed by atoms with Crippen LogP contribution in [0.2, 0.25) is 5.02 Å². The first-order valence-corrected chi connectivity index (χ1v) is 11.5. The van der Waals surface area contributed by atoms with E-state index in [0.29, 0.717) is 5.69 Å². The van der Waals surface area contributed by atoms with E-state index in [0.717, 1.165) is 20.5 Å². The van der Waals surface area contributed by atoms with Crippen LogP contribution in [0.1, 0.15) is 10.4 Å². The van der Waals surface area contributed by atoms with Crippen LogP contribution < -0.4 is 5.32 Å². The second kappa shape index (κ2) is 7.84. The largest absolute Gasteiger partial charge is 0.322 e. The molecule has 0 saturated carbocycles. The van der Waals surface area contributed by atoms with E-state index in [9.17, 15) is 13.2 Å². The van der Waals surface area contributed by atoms with Crippen LogP contribution in [0.25, 0.3) is 16.2 Å². The fourth-order valence-corrected chi connectivity index (χ4v) is 4.93. The van der Waals surface area contributed by atoms with Gasteiger partial charge in [0.15, 0.2) is 4.96 Å². The second-order valence-corrected chi connectivity index (χ2v) is 10.1. The van der Waals surface area contributed by atoms with E-state index in [4.69, 9.17) is 11.6 Å².